The molecule has 0 fully saturated rings. The molecule has 4 nitrogen and oxygen atoms in total. The summed E-state index contributed by atoms with van der Waals surface area (Å²) in [6.45, 7) is 3.94. The summed E-state index contributed by atoms with van der Waals surface area (Å²) in [4.78, 5) is 28.6. The average Bonchev–Trinajstić information content (AvgIpc) is 3.25. The van der Waals surface area contributed by atoms with E-state index in [9.17, 15) is 14.0 Å². The summed E-state index contributed by atoms with van der Waals surface area (Å²) in [6, 6.07) is 17.9. The van der Waals surface area contributed by atoms with E-state index in [-0.39, 0.29) is 23.4 Å². The highest BCUT2D eigenvalue weighted by Crippen LogP contribution is 2.49. The lowest BCUT2D eigenvalue weighted by atomic mass is 9.72. The topological polar surface area (TPSA) is 58.2 Å². The first kappa shape index (κ1) is 24.5. The molecule has 2 unspecified atom stereocenters. The van der Waals surface area contributed by atoms with Crippen molar-refractivity contribution in [2.75, 3.05) is 11.6 Å². The van der Waals surface area contributed by atoms with E-state index in [0.717, 1.165) is 31.6 Å². The standard InChI is InChI=1S/C29H27FN2O2S2/c1-16-13-22(29(35-3)36-16)26-25(28(34)32-21-11-9-20(30)10-12-21)17(2)31-23-14-19(15-24(33)27(23)26)18-7-5-4-6-8-18/h4-13,19,26,31H,14-15H2,1-3H3,(H,32,34). The molecule has 1 aliphatic heterocycles. The van der Waals surface area contributed by atoms with Crippen LogP contribution in [0.25, 0.3) is 0 Å². The van der Waals surface area contributed by atoms with Gasteiger partial charge in [-0.15, -0.1) is 23.1 Å². The first-order chi connectivity index (χ1) is 17.4. The van der Waals surface area contributed by atoms with E-state index in [1.807, 2.05) is 38.3 Å². The van der Waals surface area contributed by atoms with E-state index in [4.69, 9.17) is 0 Å². The second kappa shape index (κ2) is 10.1. The summed E-state index contributed by atoms with van der Waals surface area (Å²) in [5, 5.41) is 6.35. The molecule has 1 aromatic heterocycles. The van der Waals surface area contributed by atoms with Gasteiger partial charge in [-0.1, -0.05) is 30.3 Å². The molecule has 0 radical (unpaired) electrons. The molecule has 0 spiro atoms. The van der Waals surface area contributed by atoms with Crippen molar-refractivity contribution in [1.82, 2.24) is 5.32 Å². The van der Waals surface area contributed by atoms with E-state index in [1.165, 1.54) is 24.3 Å². The van der Waals surface area contributed by atoms with Crippen LogP contribution in [0.4, 0.5) is 10.1 Å². The van der Waals surface area contributed by atoms with Crippen LogP contribution in [0.2, 0.25) is 0 Å². The number of nitrogens with one attached hydrogen (secondary N) is 2. The molecule has 5 rings (SSSR count). The van der Waals surface area contributed by atoms with Gasteiger partial charge < -0.3 is 10.6 Å². The van der Waals surface area contributed by atoms with E-state index in [2.05, 4.69) is 28.8 Å². The van der Waals surface area contributed by atoms with Crippen LogP contribution in [0.3, 0.4) is 0 Å². The Morgan fingerprint density at radius 1 is 1.08 bits per heavy atom. The third-order valence-corrected chi connectivity index (χ3v) is 9.01. The molecule has 36 heavy (non-hydrogen) atoms. The van der Waals surface area contributed by atoms with Gasteiger partial charge in [-0.25, -0.2) is 4.39 Å². The van der Waals surface area contributed by atoms with Crippen LogP contribution in [-0.4, -0.2) is 17.9 Å². The summed E-state index contributed by atoms with van der Waals surface area (Å²) < 4.78 is 14.5. The zero-order chi connectivity index (χ0) is 25.4. The number of carbonyl (C=O) groups is 2. The maximum Gasteiger partial charge on any atom is 0.254 e. The van der Waals surface area contributed by atoms with Gasteiger partial charge in [0.1, 0.15) is 5.82 Å². The highest BCUT2D eigenvalue weighted by molar-refractivity contribution is 8.00. The van der Waals surface area contributed by atoms with Crippen LogP contribution in [0.15, 0.2) is 87.4 Å². The highest BCUT2D eigenvalue weighted by atomic mass is 32.2. The molecule has 0 bridgehead atoms. The van der Waals surface area contributed by atoms with Gasteiger partial charge in [-0.05, 0) is 73.9 Å². The Bertz CT molecular complexity index is 1390. The Balaban J connectivity index is 1.58. The molecular formula is C29H27FN2O2S2. The molecule has 7 heteroatoms. The number of dihydropyridines is 1. The van der Waals surface area contributed by atoms with Crippen LogP contribution in [0, 0.1) is 12.7 Å². The molecule has 0 saturated carbocycles. The number of ketones is 1. The van der Waals surface area contributed by atoms with Crippen molar-refractivity contribution >= 4 is 40.5 Å². The third-order valence-electron chi connectivity index (χ3n) is 6.79. The Morgan fingerprint density at radius 2 is 1.81 bits per heavy atom. The zero-order valence-corrected chi connectivity index (χ0v) is 22.0. The minimum atomic E-state index is -0.460. The fraction of sp³-hybridized carbons (Fsp3) is 0.241. The number of thiophene rings is 1. The minimum absolute atomic E-state index is 0.0677. The smallest absolute Gasteiger partial charge is 0.254 e. The van der Waals surface area contributed by atoms with Crippen molar-refractivity contribution in [3.05, 3.63) is 105 Å². The number of anilines is 1. The molecule has 2 N–H and O–H groups in total. The number of benzene rings is 2. The molecule has 2 atom stereocenters. The van der Waals surface area contributed by atoms with E-state index in [0.29, 0.717) is 29.7 Å². The van der Waals surface area contributed by atoms with Gasteiger partial charge in [0.05, 0.1) is 4.21 Å². The molecule has 2 aliphatic rings. The summed E-state index contributed by atoms with van der Waals surface area (Å²) in [7, 11) is 0. The fourth-order valence-electron chi connectivity index (χ4n) is 5.22. The number of halogens is 1. The van der Waals surface area contributed by atoms with Gasteiger partial charge in [0.15, 0.2) is 5.78 Å². The van der Waals surface area contributed by atoms with Gasteiger partial charge >= 0.3 is 0 Å². The molecule has 1 amide bonds. The fourth-order valence-corrected chi connectivity index (χ4v) is 7.13. The van der Waals surface area contributed by atoms with Crippen LogP contribution in [0.1, 0.15) is 47.6 Å². The van der Waals surface area contributed by atoms with Crippen LogP contribution < -0.4 is 10.6 Å². The van der Waals surface area contributed by atoms with Crippen molar-refractivity contribution in [3.8, 4) is 0 Å². The number of Topliss-reactive ketones (excluding diaryl/α,β-unsaturated/α-hetero) is 1. The minimum Gasteiger partial charge on any atom is -0.362 e. The quantitative estimate of drug-likeness (QED) is 0.360. The van der Waals surface area contributed by atoms with Gasteiger partial charge in [0, 0.05) is 45.4 Å². The lowest BCUT2D eigenvalue weighted by Gasteiger charge is -2.37. The monoisotopic (exact) mass is 518 g/mol. The maximum atomic E-state index is 13.8. The molecule has 2 heterocycles. The number of amides is 1. The first-order valence-corrected chi connectivity index (χ1v) is 13.9. The zero-order valence-electron chi connectivity index (χ0n) is 20.4. The number of hydrogen-bond acceptors (Lipinski definition) is 5. The molecule has 1 aliphatic carbocycles. The Hall–Kier alpha value is -3.16. The van der Waals surface area contributed by atoms with Crippen LogP contribution >= 0.6 is 23.1 Å². The summed E-state index contributed by atoms with van der Waals surface area (Å²) in [5.41, 5.74) is 5.49. The number of rotatable bonds is 5. The lowest BCUT2D eigenvalue weighted by molar-refractivity contribution is -0.116. The van der Waals surface area contributed by atoms with E-state index in [1.54, 1.807) is 23.1 Å². The van der Waals surface area contributed by atoms with Crippen molar-refractivity contribution in [3.63, 3.8) is 0 Å². The van der Waals surface area contributed by atoms with E-state index >= 15 is 0 Å². The Labute approximate surface area is 218 Å². The summed E-state index contributed by atoms with van der Waals surface area (Å²) in [6.07, 6.45) is 3.14. The Kier molecular flexibility index (Phi) is 6.86. The van der Waals surface area contributed by atoms with Gasteiger partial charge in [-0.3, -0.25) is 9.59 Å². The maximum absolute atomic E-state index is 13.8. The average molecular weight is 519 g/mol. The third kappa shape index (κ3) is 4.65. The second-order valence-electron chi connectivity index (χ2n) is 9.19. The predicted octanol–water partition coefficient (Wildman–Crippen LogP) is 6.92. The number of allylic oxidation sites excluding steroid dienone is 3. The number of thioether (sulfide) groups is 1. The lowest BCUT2D eigenvalue weighted by Crippen LogP contribution is -2.37. The van der Waals surface area contributed by atoms with Gasteiger partial charge in [-0.2, -0.15) is 0 Å². The second-order valence-corrected chi connectivity index (χ2v) is 11.5. The molecule has 0 saturated heterocycles. The van der Waals surface area contributed by atoms with Crippen LogP contribution in [0.5, 0.6) is 0 Å². The van der Waals surface area contributed by atoms with Crippen molar-refractivity contribution < 1.29 is 14.0 Å². The van der Waals surface area contributed by atoms with Gasteiger partial charge in [0.2, 0.25) is 0 Å². The molecular weight excluding hydrogens is 491 g/mol. The largest absolute Gasteiger partial charge is 0.362 e. The highest BCUT2D eigenvalue weighted by Gasteiger charge is 2.42. The number of carbonyl (C=O) groups excluding carboxylic acids is 2. The predicted molar refractivity (Wildman–Crippen MR) is 145 cm³/mol. The summed E-state index contributed by atoms with van der Waals surface area (Å²) in [5.74, 6) is -0.958. The summed E-state index contributed by atoms with van der Waals surface area (Å²) >= 11 is 3.32. The number of aryl methyl sites for hydroxylation is 1. The SMILES string of the molecule is CSc1sc(C)cc1C1C(C(=O)Nc2ccc(F)cc2)=C(C)NC2=C1C(=O)CC(c1ccccc1)C2. The Morgan fingerprint density at radius 3 is 2.50 bits per heavy atom. The van der Waals surface area contributed by atoms with E-state index < -0.39 is 5.92 Å². The van der Waals surface area contributed by atoms with Crippen molar-refractivity contribution in [1.29, 1.82) is 0 Å². The molecule has 2 aromatic carbocycles. The molecule has 3 aromatic rings. The molecule has 184 valence electrons. The van der Waals surface area contributed by atoms with Crippen molar-refractivity contribution in [2.24, 2.45) is 0 Å². The van der Waals surface area contributed by atoms with Crippen LogP contribution in [-0.2, 0) is 9.59 Å². The normalized spacial score (nSPS) is 19.7. The van der Waals surface area contributed by atoms with Crippen molar-refractivity contribution in [2.45, 2.75) is 42.7 Å². The van der Waals surface area contributed by atoms with Gasteiger partial charge in [0.25, 0.3) is 5.91 Å². The number of hydrogen-bond donors (Lipinski definition) is 2. The first-order valence-electron chi connectivity index (χ1n) is 11.9.